The van der Waals surface area contributed by atoms with Crippen molar-refractivity contribution in [2.24, 2.45) is 0 Å². The van der Waals surface area contributed by atoms with E-state index in [1.807, 2.05) is 6.07 Å². The highest BCUT2D eigenvalue weighted by molar-refractivity contribution is 9.10. The van der Waals surface area contributed by atoms with Crippen LogP contribution in [-0.4, -0.2) is 30.4 Å². The maximum atomic E-state index is 12.3. The average molecular weight is 399 g/mol. The Morgan fingerprint density at radius 1 is 1.30 bits per heavy atom. The molecule has 0 radical (unpaired) electrons. The lowest BCUT2D eigenvalue weighted by molar-refractivity contribution is 0.0702. The Bertz CT molecular complexity index is 818. The van der Waals surface area contributed by atoms with Crippen molar-refractivity contribution in [1.29, 1.82) is 0 Å². The zero-order valence-electron chi connectivity index (χ0n) is 12.2. The molecule has 1 aromatic carbocycles. The standard InChI is InChI=1S/C15H15BrN2O4S/c16-10-23(20,21)17-13-4-3-11-5-6-18(9-12(11)8-13)15(19)14-2-1-7-22-14/h1-4,7-8,17H,5-6,9-10H2. The molecule has 0 atom stereocenters. The maximum Gasteiger partial charge on any atom is 0.289 e. The lowest BCUT2D eigenvalue weighted by atomic mass is 9.99. The van der Waals surface area contributed by atoms with Gasteiger partial charge in [-0.15, -0.1) is 0 Å². The monoisotopic (exact) mass is 398 g/mol. The molecule has 0 aliphatic carbocycles. The zero-order valence-corrected chi connectivity index (χ0v) is 14.6. The Kier molecular flexibility index (Phi) is 4.45. The van der Waals surface area contributed by atoms with Crippen molar-refractivity contribution in [2.45, 2.75) is 13.0 Å². The first-order chi connectivity index (χ1) is 11.0. The van der Waals surface area contributed by atoms with Crippen LogP contribution in [0.25, 0.3) is 0 Å². The number of furan rings is 1. The Hall–Kier alpha value is -1.80. The number of rotatable bonds is 4. The van der Waals surface area contributed by atoms with Gasteiger partial charge in [-0.25, -0.2) is 8.42 Å². The van der Waals surface area contributed by atoms with Gasteiger partial charge in [-0.1, -0.05) is 22.0 Å². The number of hydrogen-bond donors (Lipinski definition) is 1. The number of anilines is 1. The van der Waals surface area contributed by atoms with Crippen molar-refractivity contribution >= 4 is 37.5 Å². The van der Waals surface area contributed by atoms with Gasteiger partial charge in [0.25, 0.3) is 5.91 Å². The lowest BCUT2D eigenvalue weighted by Crippen LogP contribution is -2.35. The molecule has 0 saturated heterocycles. The molecule has 0 fully saturated rings. The molecular weight excluding hydrogens is 384 g/mol. The summed E-state index contributed by atoms with van der Waals surface area (Å²) in [5.41, 5.74) is 2.55. The molecule has 1 amide bonds. The predicted octanol–water partition coefficient (Wildman–Crippen LogP) is 2.57. The van der Waals surface area contributed by atoms with Crippen molar-refractivity contribution in [3.8, 4) is 0 Å². The molecule has 1 aromatic heterocycles. The molecule has 0 saturated carbocycles. The number of hydrogen-bond acceptors (Lipinski definition) is 4. The average Bonchev–Trinajstić information content (AvgIpc) is 3.07. The number of alkyl halides is 1. The van der Waals surface area contributed by atoms with Gasteiger partial charge in [-0.2, -0.15) is 0 Å². The van der Waals surface area contributed by atoms with Gasteiger partial charge in [0, 0.05) is 18.8 Å². The van der Waals surface area contributed by atoms with Crippen LogP contribution in [0, 0.1) is 0 Å². The van der Waals surface area contributed by atoms with E-state index in [0.29, 0.717) is 24.5 Å². The van der Waals surface area contributed by atoms with Crippen LogP contribution in [0.4, 0.5) is 5.69 Å². The molecule has 23 heavy (non-hydrogen) atoms. The number of fused-ring (bicyclic) bond motifs is 1. The van der Waals surface area contributed by atoms with Gasteiger partial charge in [0.2, 0.25) is 10.0 Å². The number of carbonyl (C=O) groups is 1. The molecule has 8 heteroatoms. The first kappa shape index (κ1) is 16.1. The van der Waals surface area contributed by atoms with Crippen LogP contribution in [0.15, 0.2) is 41.0 Å². The lowest BCUT2D eigenvalue weighted by Gasteiger charge is -2.28. The normalized spacial score (nSPS) is 14.4. The van der Waals surface area contributed by atoms with Gasteiger partial charge in [0.15, 0.2) is 5.76 Å². The molecule has 122 valence electrons. The fourth-order valence-electron chi connectivity index (χ4n) is 2.56. The second-order valence-electron chi connectivity index (χ2n) is 5.26. The molecule has 3 rings (SSSR count). The maximum absolute atomic E-state index is 12.3. The molecule has 0 bridgehead atoms. The first-order valence-corrected chi connectivity index (χ1v) is 9.77. The summed E-state index contributed by atoms with van der Waals surface area (Å²) in [5.74, 6) is 0.150. The van der Waals surface area contributed by atoms with Gasteiger partial charge in [0.1, 0.15) is 4.66 Å². The van der Waals surface area contributed by atoms with Gasteiger partial charge in [0.05, 0.1) is 6.26 Å². The molecule has 2 heterocycles. The fraction of sp³-hybridized carbons (Fsp3) is 0.267. The van der Waals surface area contributed by atoms with Crippen LogP contribution in [0.1, 0.15) is 21.7 Å². The summed E-state index contributed by atoms with van der Waals surface area (Å²) >= 11 is 2.94. The highest BCUT2D eigenvalue weighted by Crippen LogP contribution is 2.24. The molecule has 1 N–H and O–H groups in total. The number of halogens is 1. The number of nitrogens with one attached hydrogen (secondary N) is 1. The minimum absolute atomic E-state index is 0.160. The van der Waals surface area contributed by atoms with E-state index in [0.717, 1.165) is 17.5 Å². The highest BCUT2D eigenvalue weighted by atomic mass is 79.9. The summed E-state index contributed by atoms with van der Waals surface area (Å²) in [4.78, 5) is 14.0. The number of sulfonamides is 1. The number of carbonyl (C=O) groups excluding carboxylic acids is 1. The van der Waals surface area contributed by atoms with E-state index in [1.54, 1.807) is 29.2 Å². The van der Waals surface area contributed by atoms with E-state index in [1.165, 1.54) is 6.26 Å². The van der Waals surface area contributed by atoms with Crippen molar-refractivity contribution in [3.63, 3.8) is 0 Å². The van der Waals surface area contributed by atoms with E-state index in [9.17, 15) is 13.2 Å². The van der Waals surface area contributed by atoms with Crippen LogP contribution in [-0.2, 0) is 23.0 Å². The van der Waals surface area contributed by atoms with Crippen molar-refractivity contribution in [2.75, 3.05) is 15.9 Å². The third-order valence-electron chi connectivity index (χ3n) is 3.65. The molecular formula is C15H15BrN2O4S. The van der Waals surface area contributed by atoms with Crippen LogP contribution < -0.4 is 4.72 Å². The second-order valence-corrected chi connectivity index (χ2v) is 8.29. The Morgan fingerprint density at radius 3 is 2.83 bits per heavy atom. The SMILES string of the molecule is O=C(c1ccco1)N1CCc2ccc(NS(=O)(=O)CBr)cc2C1. The molecule has 2 aromatic rings. The van der Waals surface area contributed by atoms with Crippen LogP contribution >= 0.6 is 15.9 Å². The summed E-state index contributed by atoms with van der Waals surface area (Å²) in [5, 5.41) is 0. The molecule has 0 unspecified atom stereocenters. The third kappa shape index (κ3) is 3.59. The summed E-state index contributed by atoms with van der Waals surface area (Å²) in [6, 6.07) is 8.73. The smallest absolute Gasteiger partial charge is 0.289 e. The van der Waals surface area contributed by atoms with Gasteiger partial charge in [-0.05, 0) is 41.8 Å². The number of amides is 1. The fourth-order valence-corrected chi connectivity index (χ4v) is 3.44. The quantitative estimate of drug-likeness (QED) is 0.802. The minimum Gasteiger partial charge on any atom is -0.459 e. The molecule has 0 spiro atoms. The molecule has 1 aliphatic heterocycles. The largest absolute Gasteiger partial charge is 0.459 e. The summed E-state index contributed by atoms with van der Waals surface area (Å²) in [6.45, 7) is 1.04. The van der Waals surface area contributed by atoms with Gasteiger partial charge in [-0.3, -0.25) is 9.52 Å². The van der Waals surface area contributed by atoms with Crippen LogP contribution in [0.5, 0.6) is 0 Å². The summed E-state index contributed by atoms with van der Waals surface area (Å²) in [7, 11) is -3.39. The zero-order chi connectivity index (χ0) is 16.4. The molecule has 1 aliphatic rings. The highest BCUT2D eigenvalue weighted by Gasteiger charge is 2.23. The van der Waals surface area contributed by atoms with Crippen molar-refractivity contribution in [3.05, 3.63) is 53.5 Å². The van der Waals surface area contributed by atoms with E-state index in [4.69, 9.17) is 4.42 Å². The Labute approximate surface area is 142 Å². The Morgan fingerprint density at radius 2 is 2.13 bits per heavy atom. The molecule has 6 nitrogen and oxygen atoms in total. The van der Waals surface area contributed by atoms with E-state index < -0.39 is 10.0 Å². The van der Waals surface area contributed by atoms with Gasteiger partial charge >= 0.3 is 0 Å². The predicted molar refractivity (Wildman–Crippen MR) is 89.9 cm³/mol. The van der Waals surface area contributed by atoms with E-state index in [-0.39, 0.29) is 10.6 Å². The van der Waals surface area contributed by atoms with Crippen LogP contribution in [0.3, 0.4) is 0 Å². The van der Waals surface area contributed by atoms with E-state index >= 15 is 0 Å². The number of nitrogens with zero attached hydrogens (tertiary/aromatic N) is 1. The van der Waals surface area contributed by atoms with Crippen molar-refractivity contribution in [1.82, 2.24) is 4.90 Å². The summed E-state index contributed by atoms with van der Waals surface area (Å²) in [6.07, 6.45) is 2.20. The summed E-state index contributed by atoms with van der Waals surface area (Å²) < 4.78 is 30.7. The topological polar surface area (TPSA) is 79.6 Å². The van der Waals surface area contributed by atoms with Crippen LogP contribution in [0.2, 0.25) is 0 Å². The Balaban J connectivity index is 1.80. The van der Waals surface area contributed by atoms with Gasteiger partial charge < -0.3 is 9.32 Å². The first-order valence-electron chi connectivity index (χ1n) is 6.99. The number of benzene rings is 1. The van der Waals surface area contributed by atoms with Crippen molar-refractivity contribution < 1.29 is 17.6 Å². The minimum atomic E-state index is -3.39. The third-order valence-corrected chi connectivity index (χ3v) is 6.30. The second kappa shape index (κ2) is 6.37. The van der Waals surface area contributed by atoms with E-state index in [2.05, 4.69) is 20.7 Å².